The highest BCUT2D eigenvalue weighted by molar-refractivity contribution is 5.76. The molecule has 1 amide bonds. The standard InChI is InChI=1S/C10H13NO2/c1-3-7-11(8-4-2)10(13)6-5-9-12/h1-2,12H,5-9H2. The Hall–Kier alpha value is -1.45. The van der Waals surface area contributed by atoms with E-state index in [9.17, 15) is 4.79 Å². The number of aliphatic hydroxyl groups is 1. The lowest BCUT2D eigenvalue weighted by Gasteiger charge is -2.16. The minimum Gasteiger partial charge on any atom is -0.396 e. The first kappa shape index (κ1) is 11.6. The van der Waals surface area contributed by atoms with Gasteiger partial charge in [0.1, 0.15) is 0 Å². The third-order valence-electron chi connectivity index (χ3n) is 1.47. The second kappa shape index (κ2) is 7.21. The van der Waals surface area contributed by atoms with Gasteiger partial charge >= 0.3 is 0 Å². The fourth-order valence-electron chi connectivity index (χ4n) is 0.841. The van der Waals surface area contributed by atoms with Crippen LogP contribution in [0.25, 0.3) is 0 Å². The number of carbonyl (C=O) groups is 1. The van der Waals surface area contributed by atoms with Crippen LogP contribution in [0.2, 0.25) is 0 Å². The lowest BCUT2D eigenvalue weighted by atomic mass is 10.3. The Morgan fingerprint density at radius 1 is 1.31 bits per heavy atom. The highest BCUT2D eigenvalue weighted by Crippen LogP contribution is 1.96. The van der Waals surface area contributed by atoms with Crippen LogP contribution in [0.1, 0.15) is 12.8 Å². The Kier molecular flexibility index (Phi) is 6.41. The summed E-state index contributed by atoms with van der Waals surface area (Å²) in [7, 11) is 0. The molecule has 0 heterocycles. The van der Waals surface area contributed by atoms with Gasteiger partial charge in [0.15, 0.2) is 0 Å². The van der Waals surface area contributed by atoms with Gasteiger partial charge in [-0.15, -0.1) is 12.8 Å². The molecule has 0 aliphatic heterocycles. The van der Waals surface area contributed by atoms with E-state index in [1.54, 1.807) is 0 Å². The van der Waals surface area contributed by atoms with Crippen molar-refractivity contribution in [1.29, 1.82) is 0 Å². The van der Waals surface area contributed by atoms with E-state index in [1.807, 2.05) is 0 Å². The molecule has 0 aromatic carbocycles. The average molecular weight is 179 g/mol. The summed E-state index contributed by atoms with van der Waals surface area (Å²) in [5, 5.41) is 8.51. The van der Waals surface area contributed by atoms with Gasteiger partial charge in [-0.25, -0.2) is 0 Å². The topological polar surface area (TPSA) is 40.5 Å². The maximum Gasteiger partial charge on any atom is 0.224 e. The summed E-state index contributed by atoms with van der Waals surface area (Å²) in [6.45, 7) is 0.467. The van der Waals surface area contributed by atoms with Crippen molar-refractivity contribution >= 4 is 5.91 Å². The molecule has 0 unspecified atom stereocenters. The van der Waals surface area contributed by atoms with E-state index < -0.39 is 0 Å². The van der Waals surface area contributed by atoms with Crippen LogP contribution in [0.5, 0.6) is 0 Å². The Morgan fingerprint density at radius 2 is 1.85 bits per heavy atom. The molecule has 3 nitrogen and oxygen atoms in total. The fourth-order valence-corrected chi connectivity index (χ4v) is 0.841. The Morgan fingerprint density at radius 3 is 2.23 bits per heavy atom. The minimum atomic E-state index is -0.107. The van der Waals surface area contributed by atoms with Crippen molar-refractivity contribution in [3.63, 3.8) is 0 Å². The van der Waals surface area contributed by atoms with Crippen LogP contribution >= 0.6 is 0 Å². The smallest absolute Gasteiger partial charge is 0.224 e. The van der Waals surface area contributed by atoms with Gasteiger partial charge in [-0.3, -0.25) is 4.79 Å². The monoisotopic (exact) mass is 179 g/mol. The van der Waals surface area contributed by atoms with Gasteiger partial charge < -0.3 is 10.0 Å². The number of nitrogens with zero attached hydrogens (tertiary/aromatic N) is 1. The number of aliphatic hydroxyl groups excluding tert-OH is 1. The van der Waals surface area contributed by atoms with Gasteiger partial charge in [-0.2, -0.15) is 0 Å². The fraction of sp³-hybridized carbons (Fsp3) is 0.500. The molecular weight excluding hydrogens is 166 g/mol. The van der Waals surface area contributed by atoms with E-state index in [2.05, 4.69) is 11.8 Å². The summed E-state index contributed by atoms with van der Waals surface area (Å²) in [5.74, 6) is 4.61. The largest absolute Gasteiger partial charge is 0.396 e. The van der Waals surface area contributed by atoms with E-state index >= 15 is 0 Å². The number of hydrogen-bond donors (Lipinski definition) is 1. The number of rotatable bonds is 5. The van der Waals surface area contributed by atoms with E-state index in [0.717, 1.165) is 0 Å². The molecule has 0 aromatic heterocycles. The van der Waals surface area contributed by atoms with Crippen molar-refractivity contribution in [1.82, 2.24) is 4.90 Å². The van der Waals surface area contributed by atoms with E-state index in [1.165, 1.54) is 4.90 Å². The molecule has 0 aliphatic carbocycles. The molecule has 0 saturated carbocycles. The first-order valence-corrected chi connectivity index (χ1v) is 4.01. The Labute approximate surface area is 78.7 Å². The third kappa shape index (κ3) is 4.90. The van der Waals surface area contributed by atoms with Crippen LogP contribution < -0.4 is 0 Å². The Balaban J connectivity index is 3.98. The molecular formula is C10H13NO2. The van der Waals surface area contributed by atoms with Crippen molar-refractivity contribution < 1.29 is 9.90 Å². The molecule has 0 rings (SSSR count). The van der Waals surface area contributed by atoms with Gasteiger partial charge in [0, 0.05) is 13.0 Å². The van der Waals surface area contributed by atoms with Crippen LogP contribution in [0.4, 0.5) is 0 Å². The van der Waals surface area contributed by atoms with Crippen molar-refractivity contribution in [2.24, 2.45) is 0 Å². The summed E-state index contributed by atoms with van der Waals surface area (Å²) in [4.78, 5) is 12.7. The second-order valence-corrected chi connectivity index (χ2v) is 2.49. The maximum absolute atomic E-state index is 11.3. The van der Waals surface area contributed by atoms with Crippen molar-refractivity contribution in [2.45, 2.75) is 12.8 Å². The molecule has 70 valence electrons. The zero-order valence-electron chi connectivity index (χ0n) is 7.49. The van der Waals surface area contributed by atoms with Gasteiger partial charge in [0.2, 0.25) is 5.91 Å². The van der Waals surface area contributed by atoms with Crippen molar-refractivity contribution in [2.75, 3.05) is 19.7 Å². The third-order valence-corrected chi connectivity index (χ3v) is 1.47. The zero-order valence-corrected chi connectivity index (χ0v) is 7.49. The molecule has 1 N–H and O–H groups in total. The van der Waals surface area contributed by atoms with E-state index in [4.69, 9.17) is 18.0 Å². The molecule has 0 aromatic rings. The molecule has 0 atom stereocenters. The van der Waals surface area contributed by atoms with Crippen LogP contribution in [0.3, 0.4) is 0 Å². The molecule has 0 fully saturated rings. The highest BCUT2D eigenvalue weighted by atomic mass is 16.3. The second-order valence-electron chi connectivity index (χ2n) is 2.49. The molecule has 0 bridgehead atoms. The predicted molar refractivity (Wildman–Crippen MR) is 50.6 cm³/mol. The highest BCUT2D eigenvalue weighted by Gasteiger charge is 2.09. The lowest BCUT2D eigenvalue weighted by molar-refractivity contribution is -0.130. The Bertz CT molecular complexity index is 218. The van der Waals surface area contributed by atoms with Crippen LogP contribution in [0.15, 0.2) is 0 Å². The van der Waals surface area contributed by atoms with Gasteiger partial charge in [0.25, 0.3) is 0 Å². The van der Waals surface area contributed by atoms with Gasteiger partial charge in [-0.1, -0.05) is 11.8 Å². The van der Waals surface area contributed by atoms with E-state index in [-0.39, 0.29) is 25.6 Å². The SMILES string of the molecule is C#CCN(CC#C)C(=O)CCCO. The predicted octanol–water partition coefficient (Wildman–Crippen LogP) is -0.146. The summed E-state index contributed by atoms with van der Waals surface area (Å²) >= 11 is 0. The number of terminal acetylenes is 2. The first-order chi connectivity index (χ1) is 6.26. The zero-order chi connectivity index (χ0) is 10.1. The summed E-state index contributed by atoms with van der Waals surface area (Å²) < 4.78 is 0. The first-order valence-electron chi connectivity index (χ1n) is 4.01. The van der Waals surface area contributed by atoms with E-state index in [0.29, 0.717) is 12.8 Å². The maximum atomic E-state index is 11.3. The van der Waals surface area contributed by atoms with Crippen LogP contribution in [0, 0.1) is 24.7 Å². The molecule has 0 spiro atoms. The average Bonchev–Trinajstić information content (AvgIpc) is 2.14. The number of amides is 1. The summed E-state index contributed by atoms with van der Waals surface area (Å²) in [6.07, 6.45) is 10.9. The van der Waals surface area contributed by atoms with Gasteiger partial charge in [-0.05, 0) is 6.42 Å². The molecule has 0 radical (unpaired) electrons. The van der Waals surface area contributed by atoms with Gasteiger partial charge in [0.05, 0.1) is 13.1 Å². The van der Waals surface area contributed by atoms with Crippen molar-refractivity contribution in [3.8, 4) is 24.7 Å². The normalized spacial score (nSPS) is 8.54. The quantitative estimate of drug-likeness (QED) is 0.596. The lowest BCUT2D eigenvalue weighted by Crippen LogP contribution is -2.31. The molecule has 3 heteroatoms. The van der Waals surface area contributed by atoms with Crippen LogP contribution in [-0.4, -0.2) is 35.6 Å². The number of hydrogen-bond acceptors (Lipinski definition) is 2. The van der Waals surface area contributed by atoms with Crippen LogP contribution in [-0.2, 0) is 4.79 Å². The summed E-state index contributed by atoms with van der Waals surface area (Å²) in [5.41, 5.74) is 0. The number of carbonyl (C=O) groups excluding carboxylic acids is 1. The molecule has 0 aliphatic rings. The molecule has 13 heavy (non-hydrogen) atoms. The van der Waals surface area contributed by atoms with Crippen molar-refractivity contribution in [3.05, 3.63) is 0 Å². The summed E-state index contributed by atoms with van der Waals surface area (Å²) in [6, 6.07) is 0. The molecule has 0 saturated heterocycles. The minimum absolute atomic E-state index is 0.00564.